The van der Waals surface area contributed by atoms with E-state index in [0.717, 1.165) is 12.3 Å². The summed E-state index contributed by atoms with van der Waals surface area (Å²) in [6, 6.07) is 18.3. The van der Waals surface area contributed by atoms with Crippen molar-refractivity contribution in [1.29, 1.82) is 0 Å². The third-order valence-corrected chi connectivity index (χ3v) is 3.47. The molecule has 0 aliphatic carbocycles. The van der Waals surface area contributed by atoms with E-state index in [0.29, 0.717) is 6.61 Å². The van der Waals surface area contributed by atoms with E-state index in [1.54, 1.807) is 0 Å². The molecule has 1 atom stereocenters. The second-order valence-electron chi connectivity index (χ2n) is 5.43. The third kappa shape index (κ3) is 4.31. The highest BCUT2D eigenvalue weighted by Gasteiger charge is 2.22. The summed E-state index contributed by atoms with van der Waals surface area (Å²) in [5.41, 5.74) is 1.95. The SMILES string of the molecule is CCNC(C)(CO)COc1ccc(-c2ccccc2)cc1. The molecule has 2 aromatic rings. The fraction of sp³-hybridized carbons (Fsp3) is 0.333. The van der Waals surface area contributed by atoms with Crippen molar-refractivity contribution in [3.63, 3.8) is 0 Å². The number of aliphatic hydroxyl groups is 1. The minimum atomic E-state index is -0.410. The zero-order chi connectivity index (χ0) is 15.1. The van der Waals surface area contributed by atoms with E-state index >= 15 is 0 Å². The Balaban J connectivity index is 2.00. The first-order chi connectivity index (χ1) is 10.2. The second kappa shape index (κ2) is 7.25. The summed E-state index contributed by atoms with van der Waals surface area (Å²) in [6.07, 6.45) is 0. The number of rotatable bonds is 7. The molecule has 0 fully saturated rings. The van der Waals surface area contributed by atoms with Crippen molar-refractivity contribution in [1.82, 2.24) is 5.32 Å². The molecule has 0 aromatic heterocycles. The summed E-state index contributed by atoms with van der Waals surface area (Å²) < 4.78 is 5.78. The molecule has 0 spiro atoms. The van der Waals surface area contributed by atoms with E-state index in [1.165, 1.54) is 11.1 Å². The van der Waals surface area contributed by atoms with E-state index in [9.17, 15) is 5.11 Å². The van der Waals surface area contributed by atoms with Crippen molar-refractivity contribution in [3.05, 3.63) is 54.6 Å². The minimum Gasteiger partial charge on any atom is -0.492 e. The standard InChI is InChI=1S/C18H23NO2/c1-3-19-18(2,13-20)14-21-17-11-9-16(10-12-17)15-7-5-4-6-8-15/h4-12,19-20H,3,13-14H2,1-2H3. The van der Waals surface area contributed by atoms with Crippen LogP contribution >= 0.6 is 0 Å². The van der Waals surface area contributed by atoms with Gasteiger partial charge in [0.05, 0.1) is 12.1 Å². The Morgan fingerprint density at radius 3 is 2.19 bits per heavy atom. The molecule has 0 heterocycles. The zero-order valence-corrected chi connectivity index (χ0v) is 12.7. The first-order valence-corrected chi connectivity index (χ1v) is 7.31. The number of hydrogen-bond donors (Lipinski definition) is 2. The van der Waals surface area contributed by atoms with Gasteiger partial charge in [0.15, 0.2) is 0 Å². The molecule has 112 valence electrons. The van der Waals surface area contributed by atoms with E-state index in [1.807, 2.05) is 56.3 Å². The number of benzene rings is 2. The maximum Gasteiger partial charge on any atom is 0.119 e. The van der Waals surface area contributed by atoms with Gasteiger partial charge in [-0.2, -0.15) is 0 Å². The predicted octanol–water partition coefficient (Wildman–Crippen LogP) is 3.09. The van der Waals surface area contributed by atoms with Crippen LogP contribution in [0.2, 0.25) is 0 Å². The van der Waals surface area contributed by atoms with Gasteiger partial charge in [-0.1, -0.05) is 49.4 Å². The smallest absolute Gasteiger partial charge is 0.119 e. The van der Waals surface area contributed by atoms with Crippen LogP contribution in [0.1, 0.15) is 13.8 Å². The molecule has 3 heteroatoms. The zero-order valence-electron chi connectivity index (χ0n) is 12.7. The van der Waals surface area contributed by atoms with Gasteiger partial charge >= 0.3 is 0 Å². The average molecular weight is 285 g/mol. The normalized spacial score (nSPS) is 13.7. The van der Waals surface area contributed by atoms with Crippen molar-refractivity contribution in [2.45, 2.75) is 19.4 Å². The Hall–Kier alpha value is -1.84. The molecule has 0 radical (unpaired) electrons. The molecule has 0 saturated heterocycles. The van der Waals surface area contributed by atoms with Crippen LogP contribution in [0.5, 0.6) is 5.75 Å². The van der Waals surface area contributed by atoms with Crippen LogP contribution in [-0.2, 0) is 0 Å². The Labute approximate surface area is 126 Å². The summed E-state index contributed by atoms with van der Waals surface area (Å²) >= 11 is 0. The molecule has 2 N–H and O–H groups in total. The Kier molecular flexibility index (Phi) is 5.37. The van der Waals surface area contributed by atoms with Gasteiger partial charge in [-0.25, -0.2) is 0 Å². The highest BCUT2D eigenvalue weighted by molar-refractivity contribution is 5.63. The van der Waals surface area contributed by atoms with Gasteiger partial charge in [-0.3, -0.25) is 0 Å². The van der Waals surface area contributed by atoms with Crippen molar-refractivity contribution in [3.8, 4) is 16.9 Å². The first kappa shape index (κ1) is 15.5. The van der Waals surface area contributed by atoms with Crippen molar-refractivity contribution in [2.75, 3.05) is 19.8 Å². The van der Waals surface area contributed by atoms with Crippen molar-refractivity contribution in [2.24, 2.45) is 0 Å². The van der Waals surface area contributed by atoms with Gasteiger partial charge in [0, 0.05) is 0 Å². The van der Waals surface area contributed by atoms with Crippen LogP contribution < -0.4 is 10.1 Å². The number of ether oxygens (including phenoxy) is 1. The van der Waals surface area contributed by atoms with E-state index in [2.05, 4.69) is 17.4 Å². The highest BCUT2D eigenvalue weighted by Crippen LogP contribution is 2.22. The van der Waals surface area contributed by atoms with E-state index < -0.39 is 5.54 Å². The maximum absolute atomic E-state index is 9.44. The number of likely N-dealkylation sites (N-methyl/N-ethyl adjacent to an activating group) is 1. The van der Waals surface area contributed by atoms with Gasteiger partial charge in [0.25, 0.3) is 0 Å². The summed E-state index contributed by atoms with van der Waals surface area (Å²) in [4.78, 5) is 0. The van der Waals surface area contributed by atoms with Gasteiger partial charge in [0.2, 0.25) is 0 Å². The lowest BCUT2D eigenvalue weighted by molar-refractivity contribution is 0.117. The number of nitrogens with one attached hydrogen (secondary N) is 1. The first-order valence-electron chi connectivity index (χ1n) is 7.31. The molecule has 2 rings (SSSR count). The largest absolute Gasteiger partial charge is 0.492 e. The Morgan fingerprint density at radius 2 is 1.62 bits per heavy atom. The molecule has 0 bridgehead atoms. The molecule has 0 saturated carbocycles. The molecule has 0 amide bonds. The van der Waals surface area contributed by atoms with Crippen LogP contribution in [-0.4, -0.2) is 30.4 Å². The summed E-state index contributed by atoms with van der Waals surface area (Å²) in [5, 5.41) is 12.7. The molecule has 21 heavy (non-hydrogen) atoms. The van der Waals surface area contributed by atoms with Crippen LogP contribution in [0.3, 0.4) is 0 Å². The summed E-state index contributed by atoms with van der Waals surface area (Å²) in [7, 11) is 0. The van der Waals surface area contributed by atoms with Crippen LogP contribution in [0.25, 0.3) is 11.1 Å². The maximum atomic E-state index is 9.44. The van der Waals surface area contributed by atoms with Gasteiger partial charge in [-0.15, -0.1) is 0 Å². The van der Waals surface area contributed by atoms with E-state index in [4.69, 9.17) is 4.74 Å². The van der Waals surface area contributed by atoms with Gasteiger partial charge in [0.1, 0.15) is 12.4 Å². The van der Waals surface area contributed by atoms with E-state index in [-0.39, 0.29) is 6.61 Å². The fourth-order valence-electron chi connectivity index (χ4n) is 2.20. The molecular formula is C18H23NO2. The van der Waals surface area contributed by atoms with Gasteiger partial charge < -0.3 is 15.2 Å². The Bertz CT molecular complexity index is 539. The predicted molar refractivity (Wildman–Crippen MR) is 86.5 cm³/mol. The monoisotopic (exact) mass is 285 g/mol. The lowest BCUT2D eigenvalue weighted by Gasteiger charge is -2.28. The highest BCUT2D eigenvalue weighted by atomic mass is 16.5. The van der Waals surface area contributed by atoms with Crippen LogP contribution in [0.15, 0.2) is 54.6 Å². The summed E-state index contributed by atoms with van der Waals surface area (Å²) in [5.74, 6) is 0.812. The quantitative estimate of drug-likeness (QED) is 0.821. The van der Waals surface area contributed by atoms with Crippen molar-refractivity contribution < 1.29 is 9.84 Å². The van der Waals surface area contributed by atoms with Crippen LogP contribution in [0.4, 0.5) is 0 Å². The molecule has 3 nitrogen and oxygen atoms in total. The molecular weight excluding hydrogens is 262 g/mol. The number of aliphatic hydroxyl groups excluding tert-OH is 1. The average Bonchev–Trinajstić information content (AvgIpc) is 2.55. The number of hydrogen-bond acceptors (Lipinski definition) is 3. The third-order valence-electron chi connectivity index (χ3n) is 3.47. The topological polar surface area (TPSA) is 41.5 Å². The molecule has 0 aliphatic heterocycles. The molecule has 0 aliphatic rings. The second-order valence-corrected chi connectivity index (χ2v) is 5.43. The summed E-state index contributed by atoms with van der Waals surface area (Å²) in [6.45, 7) is 5.25. The van der Waals surface area contributed by atoms with Gasteiger partial charge in [-0.05, 0) is 36.7 Å². The molecule has 2 aromatic carbocycles. The van der Waals surface area contributed by atoms with Crippen LogP contribution in [0, 0.1) is 0 Å². The minimum absolute atomic E-state index is 0.0446. The van der Waals surface area contributed by atoms with Crippen molar-refractivity contribution >= 4 is 0 Å². The molecule has 1 unspecified atom stereocenters. The fourth-order valence-corrected chi connectivity index (χ4v) is 2.20. The lowest BCUT2D eigenvalue weighted by Crippen LogP contribution is -2.50. The lowest BCUT2D eigenvalue weighted by atomic mass is 10.1. The Morgan fingerprint density at radius 1 is 1.00 bits per heavy atom.